The molecule has 106 valence electrons. The van der Waals surface area contributed by atoms with Gasteiger partial charge in [0.05, 0.1) is 12.7 Å². The Morgan fingerprint density at radius 1 is 1.10 bits per heavy atom. The Balaban J connectivity index is 2.44. The molecule has 4 heteroatoms. The van der Waals surface area contributed by atoms with Crippen LogP contribution in [0.4, 0.5) is 0 Å². The Labute approximate surface area is 120 Å². The topological polar surface area (TPSA) is 47.0 Å². The van der Waals surface area contributed by atoms with Gasteiger partial charge in [0.25, 0.3) is 0 Å². The van der Waals surface area contributed by atoms with Crippen LogP contribution in [-0.4, -0.2) is 23.6 Å². The van der Waals surface area contributed by atoms with Gasteiger partial charge < -0.3 is 10.1 Å². The van der Waals surface area contributed by atoms with E-state index in [0.29, 0.717) is 0 Å². The smallest absolute Gasteiger partial charge is 0.163 e. The van der Waals surface area contributed by atoms with E-state index in [1.54, 1.807) is 7.11 Å². The minimum absolute atomic E-state index is 0.720. The Morgan fingerprint density at radius 3 is 2.35 bits per heavy atom. The normalized spacial score (nSPS) is 10.6. The summed E-state index contributed by atoms with van der Waals surface area (Å²) < 4.78 is 5.38. The Hall–Kier alpha value is -1.94. The second-order valence-electron chi connectivity index (χ2n) is 4.68. The maximum absolute atomic E-state index is 5.38. The first-order valence-corrected chi connectivity index (χ1v) is 6.85. The van der Waals surface area contributed by atoms with Crippen molar-refractivity contribution >= 4 is 0 Å². The lowest BCUT2D eigenvalue weighted by atomic mass is 10.1. The highest BCUT2D eigenvalue weighted by molar-refractivity contribution is 5.64. The summed E-state index contributed by atoms with van der Waals surface area (Å²) >= 11 is 0. The molecule has 1 heterocycles. The molecule has 0 atom stereocenters. The van der Waals surface area contributed by atoms with Gasteiger partial charge in [-0.25, -0.2) is 9.97 Å². The van der Waals surface area contributed by atoms with Gasteiger partial charge in [0.2, 0.25) is 0 Å². The Bertz CT molecular complexity index is 573. The number of hydrogen-bond donors (Lipinski definition) is 1. The van der Waals surface area contributed by atoms with Crippen molar-refractivity contribution in [2.45, 2.75) is 27.3 Å². The molecule has 2 rings (SSSR count). The fraction of sp³-hybridized carbons (Fsp3) is 0.375. The van der Waals surface area contributed by atoms with Crippen molar-refractivity contribution in [3.8, 4) is 17.1 Å². The number of benzene rings is 1. The van der Waals surface area contributed by atoms with E-state index in [4.69, 9.17) is 4.74 Å². The van der Waals surface area contributed by atoms with E-state index in [1.807, 2.05) is 38.1 Å². The van der Waals surface area contributed by atoms with Crippen LogP contribution in [0.15, 0.2) is 24.3 Å². The van der Waals surface area contributed by atoms with Crippen molar-refractivity contribution in [1.82, 2.24) is 15.3 Å². The average Bonchev–Trinajstić information content (AvgIpc) is 2.46. The van der Waals surface area contributed by atoms with Crippen molar-refractivity contribution in [2.24, 2.45) is 0 Å². The number of hydrogen-bond acceptors (Lipinski definition) is 4. The summed E-state index contributed by atoms with van der Waals surface area (Å²) in [6, 6.07) is 7.83. The van der Waals surface area contributed by atoms with Gasteiger partial charge in [-0.3, -0.25) is 0 Å². The van der Waals surface area contributed by atoms with Crippen LogP contribution in [0.1, 0.15) is 23.9 Å². The van der Waals surface area contributed by atoms with Crippen LogP contribution in [0.5, 0.6) is 5.75 Å². The molecule has 0 amide bonds. The summed E-state index contributed by atoms with van der Waals surface area (Å²) in [7, 11) is 1.66. The maximum atomic E-state index is 5.38. The van der Waals surface area contributed by atoms with Crippen molar-refractivity contribution in [2.75, 3.05) is 13.7 Å². The summed E-state index contributed by atoms with van der Waals surface area (Å²) in [4.78, 5) is 9.27. The number of para-hydroxylation sites is 1. The molecule has 0 aliphatic rings. The molecule has 20 heavy (non-hydrogen) atoms. The van der Waals surface area contributed by atoms with Crippen molar-refractivity contribution in [3.05, 3.63) is 41.2 Å². The molecule has 0 aliphatic carbocycles. The fourth-order valence-electron chi connectivity index (χ4n) is 2.20. The number of ether oxygens (including phenoxy) is 1. The van der Waals surface area contributed by atoms with Gasteiger partial charge in [-0.15, -0.1) is 0 Å². The quantitative estimate of drug-likeness (QED) is 0.908. The lowest BCUT2D eigenvalue weighted by molar-refractivity contribution is 0.416. The predicted molar refractivity (Wildman–Crippen MR) is 80.9 cm³/mol. The second kappa shape index (κ2) is 6.48. The standard InChI is InChI=1S/C16H21N3O/c1-5-17-10-14-11(2)18-16(19-12(14)3)13-8-6-7-9-15(13)20-4/h6-9,17H,5,10H2,1-4H3. The molecule has 0 bridgehead atoms. The van der Waals surface area contributed by atoms with Gasteiger partial charge in [-0.2, -0.15) is 0 Å². The SMILES string of the molecule is CCNCc1c(C)nc(-c2ccccc2OC)nc1C. The molecule has 2 aromatic rings. The lowest BCUT2D eigenvalue weighted by Gasteiger charge is -2.12. The molecule has 0 aliphatic heterocycles. The van der Waals surface area contributed by atoms with Crippen LogP contribution in [0, 0.1) is 13.8 Å². The number of methoxy groups -OCH3 is 1. The minimum Gasteiger partial charge on any atom is -0.496 e. The van der Waals surface area contributed by atoms with Crippen LogP contribution >= 0.6 is 0 Å². The van der Waals surface area contributed by atoms with Gasteiger partial charge >= 0.3 is 0 Å². The molecule has 1 aromatic carbocycles. The zero-order valence-corrected chi connectivity index (χ0v) is 12.5. The van der Waals surface area contributed by atoms with Crippen LogP contribution in [0.3, 0.4) is 0 Å². The first kappa shape index (κ1) is 14.5. The van der Waals surface area contributed by atoms with E-state index in [1.165, 1.54) is 5.56 Å². The number of aromatic nitrogens is 2. The lowest BCUT2D eigenvalue weighted by Crippen LogP contribution is -2.15. The van der Waals surface area contributed by atoms with Gasteiger partial charge in [-0.05, 0) is 32.5 Å². The van der Waals surface area contributed by atoms with Crippen LogP contribution in [0.25, 0.3) is 11.4 Å². The number of nitrogens with one attached hydrogen (secondary N) is 1. The molecule has 0 unspecified atom stereocenters. The molecule has 0 spiro atoms. The van der Waals surface area contributed by atoms with E-state index in [-0.39, 0.29) is 0 Å². The molecular weight excluding hydrogens is 250 g/mol. The fourth-order valence-corrected chi connectivity index (χ4v) is 2.20. The molecule has 0 radical (unpaired) electrons. The van der Waals surface area contributed by atoms with E-state index in [9.17, 15) is 0 Å². The highest BCUT2D eigenvalue weighted by atomic mass is 16.5. The Morgan fingerprint density at radius 2 is 1.75 bits per heavy atom. The third-order valence-corrected chi connectivity index (χ3v) is 3.32. The van der Waals surface area contributed by atoms with Crippen molar-refractivity contribution < 1.29 is 4.74 Å². The Kier molecular flexibility index (Phi) is 4.69. The van der Waals surface area contributed by atoms with Gasteiger partial charge in [0.1, 0.15) is 5.75 Å². The zero-order chi connectivity index (χ0) is 14.5. The van der Waals surface area contributed by atoms with Gasteiger partial charge in [0.15, 0.2) is 5.82 Å². The average molecular weight is 271 g/mol. The van der Waals surface area contributed by atoms with Crippen molar-refractivity contribution in [1.29, 1.82) is 0 Å². The predicted octanol–water partition coefficient (Wildman–Crippen LogP) is 2.88. The largest absolute Gasteiger partial charge is 0.496 e. The number of aryl methyl sites for hydroxylation is 2. The molecule has 4 nitrogen and oxygen atoms in total. The highest BCUT2D eigenvalue weighted by Gasteiger charge is 2.12. The third kappa shape index (κ3) is 2.96. The summed E-state index contributed by atoms with van der Waals surface area (Å²) in [5, 5.41) is 3.32. The monoisotopic (exact) mass is 271 g/mol. The second-order valence-corrected chi connectivity index (χ2v) is 4.68. The molecule has 1 N–H and O–H groups in total. The minimum atomic E-state index is 0.720. The maximum Gasteiger partial charge on any atom is 0.163 e. The van der Waals surface area contributed by atoms with Gasteiger partial charge in [-0.1, -0.05) is 19.1 Å². The first-order valence-electron chi connectivity index (χ1n) is 6.85. The molecule has 0 saturated heterocycles. The highest BCUT2D eigenvalue weighted by Crippen LogP contribution is 2.27. The number of rotatable bonds is 5. The third-order valence-electron chi connectivity index (χ3n) is 3.32. The van der Waals surface area contributed by atoms with E-state index in [2.05, 4.69) is 22.2 Å². The van der Waals surface area contributed by atoms with E-state index in [0.717, 1.165) is 41.6 Å². The summed E-state index contributed by atoms with van der Waals surface area (Å²) in [5.74, 6) is 1.52. The number of nitrogens with zero attached hydrogens (tertiary/aromatic N) is 2. The van der Waals surface area contributed by atoms with Crippen molar-refractivity contribution in [3.63, 3.8) is 0 Å². The summed E-state index contributed by atoms with van der Waals surface area (Å²) in [6.07, 6.45) is 0. The van der Waals surface area contributed by atoms with Crippen LogP contribution in [-0.2, 0) is 6.54 Å². The molecule has 0 saturated carbocycles. The molecular formula is C16H21N3O. The van der Waals surface area contributed by atoms with E-state index < -0.39 is 0 Å². The van der Waals surface area contributed by atoms with Gasteiger partial charge in [0, 0.05) is 23.5 Å². The van der Waals surface area contributed by atoms with E-state index >= 15 is 0 Å². The summed E-state index contributed by atoms with van der Waals surface area (Å²) in [6.45, 7) is 7.89. The summed E-state index contributed by atoms with van der Waals surface area (Å²) in [5.41, 5.74) is 4.13. The first-order chi connectivity index (χ1) is 9.67. The van der Waals surface area contributed by atoms with Crippen LogP contribution in [0.2, 0.25) is 0 Å². The molecule has 0 fully saturated rings. The zero-order valence-electron chi connectivity index (χ0n) is 12.5. The molecule has 1 aromatic heterocycles. The van der Waals surface area contributed by atoms with Crippen LogP contribution < -0.4 is 10.1 Å².